The van der Waals surface area contributed by atoms with Crippen LogP contribution in [0.25, 0.3) is 10.4 Å². The molecule has 2 aromatic carbocycles. The Morgan fingerprint density at radius 1 is 1.15 bits per heavy atom. The molecule has 1 fully saturated rings. The first-order valence-corrected chi connectivity index (χ1v) is 9.88. The van der Waals surface area contributed by atoms with E-state index in [-0.39, 0.29) is 5.91 Å². The van der Waals surface area contributed by atoms with Gasteiger partial charge in [0.1, 0.15) is 5.82 Å². The quantitative estimate of drug-likeness (QED) is 0.692. The molecule has 27 heavy (non-hydrogen) atoms. The third kappa shape index (κ3) is 3.38. The highest BCUT2D eigenvalue weighted by atomic mass is 32.1. The van der Waals surface area contributed by atoms with Gasteiger partial charge in [-0.3, -0.25) is 4.79 Å². The van der Waals surface area contributed by atoms with Crippen LogP contribution in [-0.4, -0.2) is 10.9 Å². The minimum absolute atomic E-state index is 0.310. The van der Waals surface area contributed by atoms with Crippen molar-refractivity contribution in [3.05, 3.63) is 70.1 Å². The predicted molar refractivity (Wildman–Crippen MR) is 104 cm³/mol. The van der Waals surface area contributed by atoms with Gasteiger partial charge in [-0.15, -0.1) is 11.3 Å². The Balaban J connectivity index is 1.40. The van der Waals surface area contributed by atoms with Gasteiger partial charge in [0.05, 0.1) is 9.88 Å². The number of anilines is 1. The summed E-state index contributed by atoms with van der Waals surface area (Å²) in [6, 6.07) is 10.3. The van der Waals surface area contributed by atoms with Gasteiger partial charge in [-0.1, -0.05) is 6.07 Å². The number of hydrogen-bond donors (Lipinski definition) is 2. The number of aromatic nitrogens is 1. The summed E-state index contributed by atoms with van der Waals surface area (Å²) in [7, 11) is 0. The number of amides is 1. The van der Waals surface area contributed by atoms with Crippen molar-refractivity contribution in [3.8, 4) is 10.4 Å². The molecule has 1 aliphatic heterocycles. The van der Waals surface area contributed by atoms with Crippen molar-refractivity contribution in [2.45, 2.75) is 31.8 Å². The standard InChI is InChI=1S/C21H18FN3OS/c22-17-6-14(19-11-24-21(27-19)12-1-2-12)5-15(7-17)20(26)25-18-4-3-13-9-23-10-16(13)8-18/h3-8,11-12,23H,1-2,9-10H2,(H,25,26). The Labute approximate surface area is 160 Å². The van der Waals surface area contributed by atoms with E-state index in [1.54, 1.807) is 23.6 Å². The fourth-order valence-corrected chi connectivity index (χ4v) is 4.45. The number of nitrogens with zero attached hydrogens (tertiary/aromatic N) is 1. The summed E-state index contributed by atoms with van der Waals surface area (Å²) in [4.78, 5) is 18.0. The molecule has 2 aliphatic rings. The molecule has 1 aliphatic carbocycles. The number of fused-ring (bicyclic) bond motifs is 1. The number of rotatable bonds is 4. The average molecular weight is 379 g/mol. The van der Waals surface area contributed by atoms with Crippen molar-refractivity contribution in [1.82, 2.24) is 10.3 Å². The maximum absolute atomic E-state index is 14.2. The summed E-state index contributed by atoms with van der Waals surface area (Å²) in [6.45, 7) is 1.66. The van der Waals surface area contributed by atoms with E-state index < -0.39 is 5.82 Å². The summed E-state index contributed by atoms with van der Waals surface area (Å²) in [5.41, 5.74) is 4.16. The third-order valence-electron chi connectivity index (χ3n) is 4.99. The maximum Gasteiger partial charge on any atom is 0.255 e. The first-order valence-electron chi connectivity index (χ1n) is 9.06. The Morgan fingerprint density at radius 3 is 2.85 bits per heavy atom. The van der Waals surface area contributed by atoms with Crippen LogP contribution in [-0.2, 0) is 13.1 Å². The van der Waals surface area contributed by atoms with Crippen molar-refractivity contribution in [3.63, 3.8) is 0 Å². The third-order valence-corrected chi connectivity index (χ3v) is 6.20. The highest BCUT2D eigenvalue weighted by Crippen LogP contribution is 2.43. The van der Waals surface area contributed by atoms with E-state index >= 15 is 0 Å². The molecule has 4 nitrogen and oxygen atoms in total. The van der Waals surface area contributed by atoms with Crippen LogP contribution in [0.4, 0.5) is 10.1 Å². The largest absolute Gasteiger partial charge is 0.322 e. The lowest BCUT2D eigenvalue weighted by molar-refractivity contribution is 0.102. The number of halogens is 1. The van der Waals surface area contributed by atoms with Crippen LogP contribution >= 0.6 is 11.3 Å². The Hall–Kier alpha value is -2.57. The van der Waals surface area contributed by atoms with Crippen molar-refractivity contribution in [2.75, 3.05) is 5.32 Å². The minimum Gasteiger partial charge on any atom is -0.322 e. The minimum atomic E-state index is -0.419. The summed E-state index contributed by atoms with van der Waals surface area (Å²) in [6.07, 6.45) is 4.14. The van der Waals surface area contributed by atoms with Gasteiger partial charge in [-0.2, -0.15) is 0 Å². The SMILES string of the molecule is O=C(Nc1ccc2c(c1)CNC2)c1cc(F)cc(-c2cnc(C3CC3)s2)c1. The van der Waals surface area contributed by atoms with Crippen molar-refractivity contribution in [1.29, 1.82) is 0 Å². The number of hydrogen-bond acceptors (Lipinski definition) is 4. The van der Waals surface area contributed by atoms with E-state index in [9.17, 15) is 9.18 Å². The van der Waals surface area contributed by atoms with Crippen molar-refractivity contribution >= 4 is 22.9 Å². The Bertz CT molecular complexity index is 1040. The first kappa shape index (κ1) is 16.6. The van der Waals surface area contributed by atoms with Crippen LogP contribution in [0, 0.1) is 5.82 Å². The van der Waals surface area contributed by atoms with Gasteiger partial charge < -0.3 is 10.6 Å². The fraction of sp³-hybridized carbons (Fsp3) is 0.238. The summed E-state index contributed by atoms with van der Waals surface area (Å²) < 4.78 is 14.2. The molecule has 136 valence electrons. The molecule has 1 aromatic heterocycles. The molecule has 0 atom stereocenters. The normalized spacial score (nSPS) is 15.6. The van der Waals surface area contributed by atoms with E-state index in [0.29, 0.717) is 17.0 Å². The lowest BCUT2D eigenvalue weighted by Crippen LogP contribution is -2.12. The zero-order valence-electron chi connectivity index (χ0n) is 14.6. The Kier molecular flexibility index (Phi) is 4.02. The summed E-state index contributed by atoms with van der Waals surface area (Å²) >= 11 is 1.59. The molecule has 0 spiro atoms. The average Bonchev–Trinajstić information content (AvgIpc) is 3.20. The van der Waals surface area contributed by atoms with Crippen molar-refractivity contribution in [2.24, 2.45) is 0 Å². The molecule has 0 radical (unpaired) electrons. The molecular weight excluding hydrogens is 361 g/mol. The van der Waals surface area contributed by atoms with Crippen LogP contribution < -0.4 is 10.6 Å². The molecule has 5 rings (SSSR count). The Morgan fingerprint density at radius 2 is 2.00 bits per heavy atom. The van der Waals surface area contributed by atoms with Crippen LogP contribution in [0.1, 0.15) is 45.3 Å². The molecule has 0 saturated heterocycles. The van der Waals surface area contributed by atoms with Gasteiger partial charge in [0.15, 0.2) is 0 Å². The van der Waals surface area contributed by atoms with E-state index in [4.69, 9.17) is 0 Å². The molecule has 2 heterocycles. The number of thiazole rings is 1. The van der Waals surface area contributed by atoms with Gasteiger partial charge in [0.25, 0.3) is 5.91 Å². The summed E-state index contributed by atoms with van der Waals surface area (Å²) in [5.74, 6) is -0.167. The van der Waals surface area contributed by atoms with E-state index in [0.717, 1.165) is 28.7 Å². The second-order valence-electron chi connectivity index (χ2n) is 7.11. The molecule has 6 heteroatoms. The number of carbonyl (C=O) groups excluding carboxylic acids is 1. The van der Waals surface area contributed by atoms with Gasteiger partial charge in [-0.25, -0.2) is 9.37 Å². The summed E-state index contributed by atoms with van der Waals surface area (Å²) in [5, 5.41) is 7.27. The molecule has 0 unspecified atom stereocenters. The maximum atomic E-state index is 14.2. The zero-order valence-corrected chi connectivity index (χ0v) is 15.4. The zero-order chi connectivity index (χ0) is 18.4. The van der Waals surface area contributed by atoms with Crippen LogP contribution in [0.3, 0.4) is 0 Å². The topological polar surface area (TPSA) is 54.0 Å². The predicted octanol–water partition coefficient (Wildman–Crippen LogP) is 4.68. The van der Waals surface area contributed by atoms with Crippen LogP contribution in [0.15, 0.2) is 42.6 Å². The highest BCUT2D eigenvalue weighted by molar-refractivity contribution is 7.15. The monoisotopic (exact) mass is 379 g/mol. The van der Waals surface area contributed by atoms with Crippen molar-refractivity contribution < 1.29 is 9.18 Å². The lowest BCUT2D eigenvalue weighted by atomic mass is 10.1. The van der Waals surface area contributed by atoms with E-state index in [2.05, 4.69) is 15.6 Å². The van der Waals surface area contributed by atoms with Gasteiger partial charge in [0.2, 0.25) is 0 Å². The van der Waals surface area contributed by atoms with Gasteiger partial charge in [0, 0.05) is 36.5 Å². The van der Waals surface area contributed by atoms with Crippen LogP contribution in [0.5, 0.6) is 0 Å². The second kappa shape index (κ2) is 6.55. The second-order valence-corrected chi connectivity index (χ2v) is 8.17. The molecule has 2 N–H and O–H groups in total. The van der Waals surface area contributed by atoms with Gasteiger partial charge >= 0.3 is 0 Å². The van der Waals surface area contributed by atoms with Crippen LogP contribution in [0.2, 0.25) is 0 Å². The molecular formula is C21H18FN3OS. The molecule has 3 aromatic rings. The molecule has 1 saturated carbocycles. The highest BCUT2D eigenvalue weighted by Gasteiger charge is 2.27. The lowest BCUT2D eigenvalue weighted by Gasteiger charge is -2.08. The van der Waals surface area contributed by atoms with Gasteiger partial charge in [-0.05, 0) is 59.9 Å². The molecule has 0 bridgehead atoms. The first-order chi connectivity index (χ1) is 13.2. The number of benzene rings is 2. The fourth-order valence-electron chi connectivity index (χ4n) is 3.38. The van der Waals surface area contributed by atoms with E-state index in [1.165, 1.54) is 36.1 Å². The smallest absolute Gasteiger partial charge is 0.255 e. The number of carbonyl (C=O) groups is 1. The molecule has 1 amide bonds. The van der Waals surface area contributed by atoms with E-state index in [1.807, 2.05) is 18.2 Å². The number of nitrogens with one attached hydrogen (secondary N) is 2.